The van der Waals surface area contributed by atoms with Gasteiger partial charge in [-0.3, -0.25) is 9.59 Å². The summed E-state index contributed by atoms with van der Waals surface area (Å²) in [5.74, 6) is -0.853. The van der Waals surface area contributed by atoms with Gasteiger partial charge >= 0.3 is 5.97 Å². The molecular weight excluding hydrogens is 300 g/mol. The van der Waals surface area contributed by atoms with Gasteiger partial charge in [-0.2, -0.15) is 5.26 Å². The predicted molar refractivity (Wildman–Crippen MR) is 83.4 cm³/mol. The summed E-state index contributed by atoms with van der Waals surface area (Å²) >= 11 is 1.47. The number of carbonyl (C=O) groups is 2. The minimum Gasteiger partial charge on any atom is -0.452 e. The number of rotatable bonds is 5. The molecule has 1 heterocycles. The standard InChI is InChI=1S/C16H14N2O3S/c1-11(21-15(19)9-14-3-2-8-22-14)16(20)18-13-6-4-12(10-17)5-7-13/h2-8,11H,9H2,1H3,(H,18,20)/t11-/m1/s1. The largest absolute Gasteiger partial charge is 0.452 e. The van der Waals surface area contributed by atoms with Crippen LogP contribution in [0.1, 0.15) is 17.4 Å². The van der Waals surface area contributed by atoms with Crippen molar-refractivity contribution in [3.8, 4) is 6.07 Å². The molecule has 22 heavy (non-hydrogen) atoms. The second-order valence-corrected chi connectivity index (χ2v) is 5.60. The van der Waals surface area contributed by atoms with Crippen molar-refractivity contribution in [3.63, 3.8) is 0 Å². The minimum absolute atomic E-state index is 0.159. The van der Waals surface area contributed by atoms with E-state index in [0.29, 0.717) is 11.3 Å². The SMILES string of the molecule is C[C@@H](OC(=O)Cc1cccs1)C(=O)Nc1ccc(C#N)cc1. The number of anilines is 1. The Kier molecular flexibility index (Phi) is 5.28. The Balaban J connectivity index is 1.86. The summed E-state index contributed by atoms with van der Waals surface area (Å²) in [6.07, 6.45) is -0.727. The maximum atomic E-state index is 12.0. The van der Waals surface area contributed by atoms with E-state index >= 15 is 0 Å². The van der Waals surface area contributed by atoms with E-state index in [1.165, 1.54) is 18.3 Å². The second kappa shape index (κ2) is 7.38. The molecule has 0 fully saturated rings. The van der Waals surface area contributed by atoms with Gasteiger partial charge in [-0.25, -0.2) is 0 Å². The number of esters is 1. The lowest BCUT2D eigenvalue weighted by Crippen LogP contribution is -2.30. The van der Waals surface area contributed by atoms with E-state index in [4.69, 9.17) is 10.00 Å². The summed E-state index contributed by atoms with van der Waals surface area (Å²) in [5.41, 5.74) is 1.05. The van der Waals surface area contributed by atoms with Crippen LogP contribution in [-0.2, 0) is 20.7 Å². The molecule has 2 aromatic rings. The molecule has 0 aliphatic heterocycles. The van der Waals surface area contributed by atoms with Crippen LogP contribution in [0.4, 0.5) is 5.69 Å². The third-order valence-corrected chi connectivity index (χ3v) is 3.73. The zero-order valence-corrected chi connectivity index (χ0v) is 12.7. The van der Waals surface area contributed by atoms with Crippen molar-refractivity contribution >= 4 is 28.9 Å². The minimum atomic E-state index is -0.886. The van der Waals surface area contributed by atoms with Gasteiger partial charge < -0.3 is 10.1 Å². The van der Waals surface area contributed by atoms with Crippen LogP contribution in [0.5, 0.6) is 0 Å². The van der Waals surface area contributed by atoms with E-state index in [1.807, 2.05) is 23.6 Å². The fraction of sp³-hybridized carbons (Fsp3) is 0.188. The van der Waals surface area contributed by atoms with Crippen LogP contribution in [0.2, 0.25) is 0 Å². The number of nitrogens with one attached hydrogen (secondary N) is 1. The zero-order chi connectivity index (χ0) is 15.9. The monoisotopic (exact) mass is 314 g/mol. The molecule has 0 aliphatic rings. The van der Waals surface area contributed by atoms with Crippen molar-refractivity contribution in [3.05, 3.63) is 52.2 Å². The molecule has 112 valence electrons. The van der Waals surface area contributed by atoms with Gasteiger partial charge in [0.1, 0.15) is 0 Å². The molecule has 1 N–H and O–H groups in total. The van der Waals surface area contributed by atoms with Crippen molar-refractivity contribution in [2.75, 3.05) is 5.32 Å². The van der Waals surface area contributed by atoms with Gasteiger partial charge in [-0.05, 0) is 42.6 Å². The molecule has 6 heteroatoms. The van der Waals surface area contributed by atoms with E-state index < -0.39 is 18.0 Å². The Bertz CT molecular complexity index is 687. The molecule has 0 saturated carbocycles. The molecule has 0 spiro atoms. The molecule has 0 radical (unpaired) electrons. The van der Waals surface area contributed by atoms with Crippen molar-refractivity contribution in [1.82, 2.24) is 0 Å². The Morgan fingerprint density at radius 2 is 2.05 bits per heavy atom. The molecule has 0 aliphatic carbocycles. The number of carbonyl (C=O) groups excluding carboxylic acids is 2. The zero-order valence-electron chi connectivity index (χ0n) is 11.9. The van der Waals surface area contributed by atoms with Gasteiger partial charge in [0.2, 0.25) is 0 Å². The van der Waals surface area contributed by atoms with E-state index in [9.17, 15) is 9.59 Å². The fourth-order valence-corrected chi connectivity index (χ4v) is 2.41. The molecule has 0 saturated heterocycles. The number of benzene rings is 1. The summed E-state index contributed by atoms with van der Waals surface area (Å²) < 4.78 is 5.11. The summed E-state index contributed by atoms with van der Waals surface area (Å²) in [6, 6.07) is 12.1. The Morgan fingerprint density at radius 3 is 2.64 bits per heavy atom. The topological polar surface area (TPSA) is 79.2 Å². The van der Waals surface area contributed by atoms with Crippen LogP contribution in [0.3, 0.4) is 0 Å². The fourth-order valence-electron chi connectivity index (χ4n) is 1.72. The van der Waals surface area contributed by atoms with Crippen molar-refractivity contribution in [1.29, 1.82) is 5.26 Å². The van der Waals surface area contributed by atoms with Gasteiger partial charge in [-0.1, -0.05) is 6.07 Å². The molecule has 1 amide bonds. The summed E-state index contributed by atoms with van der Waals surface area (Å²) in [6.45, 7) is 1.52. The van der Waals surface area contributed by atoms with Crippen LogP contribution in [0.15, 0.2) is 41.8 Å². The lowest BCUT2D eigenvalue weighted by atomic mass is 10.2. The lowest BCUT2D eigenvalue weighted by Gasteiger charge is -2.13. The van der Waals surface area contributed by atoms with Crippen molar-refractivity contribution < 1.29 is 14.3 Å². The first-order valence-electron chi connectivity index (χ1n) is 6.61. The second-order valence-electron chi connectivity index (χ2n) is 4.57. The van der Waals surface area contributed by atoms with Gasteiger partial charge in [-0.15, -0.1) is 11.3 Å². The van der Waals surface area contributed by atoms with E-state index in [1.54, 1.807) is 24.3 Å². The molecular formula is C16H14N2O3S. The number of nitriles is 1. The van der Waals surface area contributed by atoms with Crippen LogP contribution < -0.4 is 5.32 Å². The molecule has 0 unspecified atom stereocenters. The van der Waals surface area contributed by atoms with Crippen LogP contribution >= 0.6 is 11.3 Å². The average molecular weight is 314 g/mol. The van der Waals surface area contributed by atoms with Crippen LogP contribution in [0.25, 0.3) is 0 Å². The average Bonchev–Trinajstić information content (AvgIpc) is 3.00. The lowest BCUT2D eigenvalue weighted by molar-refractivity contribution is -0.152. The molecule has 2 rings (SSSR count). The third kappa shape index (κ3) is 4.43. The third-order valence-electron chi connectivity index (χ3n) is 2.86. The number of nitrogens with zero attached hydrogens (tertiary/aromatic N) is 1. The highest BCUT2D eigenvalue weighted by Gasteiger charge is 2.18. The Labute approximate surface area is 132 Å². The van der Waals surface area contributed by atoms with Crippen molar-refractivity contribution in [2.45, 2.75) is 19.4 Å². The molecule has 5 nitrogen and oxygen atoms in total. The first kappa shape index (κ1) is 15.7. The highest BCUT2D eigenvalue weighted by atomic mass is 32.1. The van der Waals surface area contributed by atoms with Gasteiger partial charge in [0, 0.05) is 10.6 Å². The Hall–Kier alpha value is -2.65. The molecule has 1 atom stereocenters. The quantitative estimate of drug-likeness (QED) is 0.861. The van der Waals surface area contributed by atoms with E-state index in [-0.39, 0.29) is 6.42 Å². The first-order chi connectivity index (χ1) is 10.6. The predicted octanol–water partition coefficient (Wildman–Crippen LogP) is 2.73. The first-order valence-corrected chi connectivity index (χ1v) is 7.49. The van der Waals surface area contributed by atoms with Crippen molar-refractivity contribution in [2.24, 2.45) is 0 Å². The van der Waals surface area contributed by atoms with Gasteiger partial charge in [0.25, 0.3) is 5.91 Å². The number of ether oxygens (including phenoxy) is 1. The van der Waals surface area contributed by atoms with E-state index in [2.05, 4.69) is 5.32 Å². The summed E-state index contributed by atoms with van der Waals surface area (Å²) in [4.78, 5) is 24.6. The van der Waals surface area contributed by atoms with Gasteiger partial charge in [0.05, 0.1) is 18.1 Å². The molecule has 1 aromatic carbocycles. The van der Waals surface area contributed by atoms with Crippen LogP contribution in [-0.4, -0.2) is 18.0 Å². The molecule has 0 bridgehead atoms. The Morgan fingerprint density at radius 1 is 1.32 bits per heavy atom. The number of thiophene rings is 1. The summed E-state index contributed by atoms with van der Waals surface area (Å²) in [7, 11) is 0. The number of hydrogen-bond donors (Lipinski definition) is 1. The highest BCUT2D eigenvalue weighted by Crippen LogP contribution is 2.12. The number of hydrogen-bond acceptors (Lipinski definition) is 5. The van der Waals surface area contributed by atoms with Crippen LogP contribution in [0, 0.1) is 11.3 Å². The van der Waals surface area contributed by atoms with Gasteiger partial charge in [0.15, 0.2) is 6.10 Å². The highest BCUT2D eigenvalue weighted by molar-refractivity contribution is 7.10. The maximum Gasteiger partial charge on any atom is 0.311 e. The normalized spacial score (nSPS) is 11.3. The summed E-state index contributed by atoms with van der Waals surface area (Å²) in [5, 5.41) is 13.2. The maximum absolute atomic E-state index is 12.0. The molecule has 1 aromatic heterocycles. The number of amides is 1. The van der Waals surface area contributed by atoms with E-state index in [0.717, 1.165) is 4.88 Å². The smallest absolute Gasteiger partial charge is 0.311 e.